The predicted molar refractivity (Wildman–Crippen MR) is 95.8 cm³/mol. The highest BCUT2D eigenvalue weighted by Crippen LogP contribution is 2.33. The first-order chi connectivity index (χ1) is 12.7. The van der Waals surface area contributed by atoms with Gasteiger partial charge in [0.15, 0.2) is 0 Å². The Morgan fingerprint density at radius 3 is 2.92 bits per heavy atom. The maximum atomic E-state index is 12.7. The summed E-state index contributed by atoms with van der Waals surface area (Å²) in [6.07, 6.45) is 8.56. The monoisotopic (exact) mass is 368 g/mol. The van der Waals surface area contributed by atoms with E-state index in [-0.39, 0.29) is 11.9 Å². The van der Waals surface area contributed by atoms with Gasteiger partial charge in [0.05, 0.1) is 11.8 Å². The van der Waals surface area contributed by atoms with E-state index in [1.165, 1.54) is 18.7 Å². The molecule has 26 heavy (non-hydrogen) atoms. The summed E-state index contributed by atoms with van der Waals surface area (Å²) in [5.41, 5.74) is 1.53. The summed E-state index contributed by atoms with van der Waals surface area (Å²) in [5, 5.41) is 0.694. The Hall–Kier alpha value is -2.73. The molecule has 4 rings (SSSR count). The van der Waals surface area contributed by atoms with Gasteiger partial charge in [-0.3, -0.25) is 4.79 Å². The molecule has 1 fully saturated rings. The van der Waals surface area contributed by atoms with Crippen LogP contribution in [0.5, 0.6) is 0 Å². The lowest BCUT2D eigenvalue weighted by molar-refractivity contribution is 0.0713. The van der Waals surface area contributed by atoms with Crippen LogP contribution in [0.4, 0.5) is 0 Å². The van der Waals surface area contributed by atoms with Crippen LogP contribution >= 0.6 is 11.6 Å². The molecule has 1 amide bonds. The molecular weight excluding hydrogens is 352 g/mol. The Labute approximate surface area is 155 Å². The normalized spacial score (nSPS) is 16.8. The zero-order valence-electron chi connectivity index (χ0n) is 14.0. The van der Waals surface area contributed by atoms with Crippen LogP contribution in [0.15, 0.2) is 53.6 Å². The molecule has 0 radical (unpaired) electrons. The Bertz CT molecular complexity index is 913. The highest BCUT2D eigenvalue weighted by Gasteiger charge is 2.34. The van der Waals surface area contributed by atoms with Gasteiger partial charge in [-0.15, -0.1) is 0 Å². The van der Waals surface area contributed by atoms with Crippen LogP contribution in [0.3, 0.4) is 0 Å². The highest BCUT2D eigenvalue weighted by atomic mass is 35.5. The van der Waals surface area contributed by atoms with Gasteiger partial charge in [0, 0.05) is 30.4 Å². The molecule has 132 valence electrons. The second-order valence-electron chi connectivity index (χ2n) is 6.26. The molecule has 3 heterocycles. The number of nitrogens with zero attached hydrogens (tertiary/aromatic N) is 4. The van der Waals surface area contributed by atoms with Gasteiger partial charge >= 0.3 is 0 Å². The maximum absolute atomic E-state index is 12.7. The molecule has 0 spiro atoms. The van der Waals surface area contributed by atoms with Crippen LogP contribution in [0.1, 0.15) is 46.5 Å². The smallest absolute Gasteiger partial charge is 0.257 e. The molecule has 3 aromatic rings. The van der Waals surface area contributed by atoms with Gasteiger partial charge in [-0.25, -0.2) is 15.0 Å². The molecule has 0 bridgehead atoms. The van der Waals surface area contributed by atoms with Gasteiger partial charge in [0.2, 0.25) is 5.89 Å². The zero-order chi connectivity index (χ0) is 17.9. The van der Waals surface area contributed by atoms with E-state index in [1.807, 2.05) is 24.3 Å². The molecule has 0 aliphatic carbocycles. The van der Waals surface area contributed by atoms with Crippen molar-refractivity contribution in [3.63, 3.8) is 0 Å². The molecule has 1 aromatic carbocycles. The van der Waals surface area contributed by atoms with Crippen LogP contribution in [0.25, 0.3) is 0 Å². The van der Waals surface area contributed by atoms with Gasteiger partial charge in [0.25, 0.3) is 5.91 Å². The van der Waals surface area contributed by atoms with E-state index in [4.69, 9.17) is 16.0 Å². The molecule has 1 aliphatic rings. The molecular formula is C19H17ClN4O2. The number of amides is 1. The first-order valence-electron chi connectivity index (χ1n) is 8.46. The molecule has 6 nitrogen and oxygen atoms in total. The van der Waals surface area contributed by atoms with Gasteiger partial charge < -0.3 is 9.32 Å². The fourth-order valence-corrected chi connectivity index (χ4v) is 3.46. The summed E-state index contributed by atoms with van der Waals surface area (Å²) >= 11 is 6.03. The van der Waals surface area contributed by atoms with Gasteiger partial charge in [0.1, 0.15) is 18.1 Å². The average molecular weight is 369 g/mol. The number of benzene rings is 1. The zero-order valence-corrected chi connectivity index (χ0v) is 14.8. The van der Waals surface area contributed by atoms with E-state index < -0.39 is 0 Å². The van der Waals surface area contributed by atoms with Crippen molar-refractivity contribution in [2.24, 2.45) is 0 Å². The van der Waals surface area contributed by atoms with Crippen molar-refractivity contribution in [1.29, 1.82) is 0 Å². The molecule has 0 saturated carbocycles. The van der Waals surface area contributed by atoms with Crippen molar-refractivity contribution in [3.8, 4) is 0 Å². The minimum Gasteiger partial charge on any atom is -0.443 e. The highest BCUT2D eigenvalue weighted by molar-refractivity contribution is 6.30. The fraction of sp³-hybridized carbons (Fsp3) is 0.263. The summed E-state index contributed by atoms with van der Waals surface area (Å²) in [4.78, 5) is 26.8. The van der Waals surface area contributed by atoms with Gasteiger partial charge in [-0.1, -0.05) is 23.7 Å². The number of likely N-dealkylation sites (tertiary alicyclic amines) is 1. The Morgan fingerprint density at radius 1 is 1.27 bits per heavy atom. The summed E-state index contributed by atoms with van der Waals surface area (Å²) in [6.45, 7) is 0.671. The second kappa shape index (κ2) is 7.25. The maximum Gasteiger partial charge on any atom is 0.257 e. The first-order valence-corrected chi connectivity index (χ1v) is 8.83. The van der Waals surface area contributed by atoms with Crippen molar-refractivity contribution >= 4 is 17.5 Å². The lowest BCUT2D eigenvalue weighted by Gasteiger charge is -2.22. The van der Waals surface area contributed by atoms with Gasteiger partial charge in [-0.05, 0) is 30.5 Å². The standard InChI is InChI=1S/C19H17ClN4O2/c20-15-4-1-3-13(7-15)8-16-11-23-18(26-16)17-5-2-6-24(17)19(25)14-9-21-12-22-10-14/h1,3-4,7,9-12,17H,2,5-6,8H2. The molecule has 1 saturated heterocycles. The molecule has 1 unspecified atom stereocenters. The van der Waals surface area contributed by atoms with Crippen molar-refractivity contribution in [1.82, 2.24) is 19.9 Å². The SMILES string of the molecule is O=C(c1cncnc1)N1CCCC1c1ncc(Cc2cccc(Cl)c2)o1. The van der Waals surface area contributed by atoms with E-state index in [0.717, 1.165) is 24.2 Å². The minimum atomic E-state index is -0.157. The third kappa shape index (κ3) is 3.46. The number of oxazole rings is 1. The van der Waals surface area contributed by atoms with Crippen LogP contribution in [0.2, 0.25) is 5.02 Å². The number of carbonyl (C=O) groups is 1. The topological polar surface area (TPSA) is 72.1 Å². The fourth-order valence-electron chi connectivity index (χ4n) is 3.25. The quantitative estimate of drug-likeness (QED) is 0.702. The van der Waals surface area contributed by atoms with Crippen molar-refractivity contribution in [2.45, 2.75) is 25.3 Å². The van der Waals surface area contributed by atoms with E-state index >= 15 is 0 Å². The number of carbonyl (C=O) groups excluding carboxylic acids is 1. The first kappa shape index (κ1) is 16.7. The second-order valence-corrected chi connectivity index (χ2v) is 6.69. The van der Waals surface area contributed by atoms with E-state index in [2.05, 4.69) is 15.0 Å². The molecule has 0 N–H and O–H groups in total. The van der Waals surface area contributed by atoms with Crippen LogP contribution in [0, 0.1) is 0 Å². The van der Waals surface area contributed by atoms with E-state index in [1.54, 1.807) is 11.1 Å². The Morgan fingerprint density at radius 2 is 2.12 bits per heavy atom. The third-order valence-electron chi connectivity index (χ3n) is 4.45. The third-order valence-corrected chi connectivity index (χ3v) is 4.68. The molecule has 1 aliphatic heterocycles. The van der Waals surface area contributed by atoms with Crippen molar-refractivity contribution in [3.05, 3.63) is 77.0 Å². The van der Waals surface area contributed by atoms with E-state index in [0.29, 0.717) is 29.4 Å². The van der Waals surface area contributed by atoms with Crippen LogP contribution < -0.4 is 0 Å². The number of hydrogen-bond donors (Lipinski definition) is 0. The summed E-state index contributed by atoms with van der Waals surface area (Å²) in [5.74, 6) is 1.23. The number of halogens is 1. The van der Waals surface area contributed by atoms with Crippen molar-refractivity contribution in [2.75, 3.05) is 6.54 Å². The lowest BCUT2D eigenvalue weighted by Crippen LogP contribution is -2.30. The van der Waals surface area contributed by atoms with Crippen LogP contribution in [-0.4, -0.2) is 32.3 Å². The average Bonchev–Trinajstić information content (AvgIpc) is 3.31. The summed E-state index contributed by atoms with van der Waals surface area (Å²) < 4.78 is 5.95. The van der Waals surface area contributed by atoms with Crippen molar-refractivity contribution < 1.29 is 9.21 Å². The Balaban J connectivity index is 1.52. The molecule has 1 atom stereocenters. The van der Waals surface area contributed by atoms with Crippen LogP contribution in [-0.2, 0) is 6.42 Å². The largest absolute Gasteiger partial charge is 0.443 e. The summed E-state index contributed by atoms with van der Waals surface area (Å²) in [6, 6.07) is 7.50. The number of aromatic nitrogens is 3. The number of rotatable bonds is 4. The van der Waals surface area contributed by atoms with E-state index in [9.17, 15) is 4.79 Å². The van der Waals surface area contributed by atoms with Gasteiger partial charge in [-0.2, -0.15) is 0 Å². The molecule has 2 aromatic heterocycles. The summed E-state index contributed by atoms with van der Waals surface area (Å²) in [7, 11) is 0. The Kier molecular flexibility index (Phi) is 4.67. The minimum absolute atomic E-state index is 0.0947. The lowest BCUT2D eigenvalue weighted by atomic mass is 10.1. The number of hydrogen-bond acceptors (Lipinski definition) is 5. The predicted octanol–water partition coefficient (Wildman–Crippen LogP) is 3.69. The molecule has 7 heteroatoms.